The number of carbonyl (C=O) groups is 3. The van der Waals surface area contributed by atoms with E-state index in [1.165, 1.54) is 0 Å². The minimum absolute atomic E-state index is 0.0623. The van der Waals surface area contributed by atoms with Crippen molar-refractivity contribution in [3.8, 4) is 11.1 Å². The Kier molecular flexibility index (Phi) is 7.73. The van der Waals surface area contributed by atoms with Crippen LogP contribution in [-0.4, -0.2) is 42.3 Å². The van der Waals surface area contributed by atoms with E-state index in [0.29, 0.717) is 19.3 Å². The van der Waals surface area contributed by atoms with Crippen molar-refractivity contribution in [2.75, 3.05) is 13.2 Å². The lowest BCUT2D eigenvalue weighted by atomic mass is 9.80. The van der Waals surface area contributed by atoms with Gasteiger partial charge in [0.05, 0.1) is 5.41 Å². The Labute approximate surface area is 206 Å². The molecule has 2 aliphatic carbocycles. The molecule has 186 valence electrons. The summed E-state index contributed by atoms with van der Waals surface area (Å²) in [6, 6.07) is 15.4. The lowest BCUT2D eigenvalue weighted by Crippen LogP contribution is -2.50. The number of hydrogen-bond donors (Lipinski definition) is 3. The molecule has 2 amide bonds. The van der Waals surface area contributed by atoms with Crippen LogP contribution in [-0.2, 0) is 14.3 Å². The molecule has 0 spiro atoms. The van der Waals surface area contributed by atoms with E-state index in [0.717, 1.165) is 47.9 Å². The molecular formula is C28H34N2O5. The molecule has 7 nitrogen and oxygen atoms in total. The summed E-state index contributed by atoms with van der Waals surface area (Å²) in [5.41, 5.74) is 3.60. The van der Waals surface area contributed by atoms with Crippen LogP contribution in [0.25, 0.3) is 11.1 Å². The highest BCUT2D eigenvalue weighted by molar-refractivity contribution is 5.86. The van der Waals surface area contributed by atoms with Gasteiger partial charge in [-0.05, 0) is 41.5 Å². The third-order valence-corrected chi connectivity index (χ3v) is 7.48. The predicted molar refractivity (Wildman–Crippen MR) is 133 cm³/mol. The molecule has 4 rings (SSSR count). The summed E-state index contributed by atoms with van der Waals surface area (Å²) in [5.74, 6) is -1.31. The zero-order valence-electron chi connectivity index (χ0n) is 20.2. The van der Waals surface area contributed by atoms with Crippen LogP contribution >= 0.6 is 0 Å². The number of benzene rings is 2. The second-order valence-corrected chi connectivity index (χ2v) is 9.65. The number of carbonyl (C=O) groups excluding carboxylic acids is 2. The second-order valence-electron chi connectivity index (χ2n) is 9.65. The fraction of sp³-hybridized carbons (Fsp3) is 0.464. The zero-order chi connectivity index (χ0) is 24.8. The van der Waals surface area contributed by atoms with Crippen molar-refractivity contribution >= 4 is 18.0 Å². The molecule has 2 aliphatic rings. The van der Waals surface area contributed by atoms with Gasteiger partial charge < -0.3 is 20.5 Å². The van der Waals surface area contributed by atoms with Gasteiger partial charge in [0.1, 0.15) is 12.6 Å². The number of alkyl carbamates (subject to hydrolysis) is 1. The Morgan fingerprint density at radius 3 is 2.09 bits per heavy atom. The number of ether oxygens (including phenoxy) is 1. The summed E-state index contributed by atoms with van der Waals surface area (Å²) >= 11 is 0. The molecule has 1 saturated carbocycles. The number of carboxylic acid groups (broad SMARTS) is 1. The van der Waals surface area contributed by atoms with Gasteiger partial charge in [-0.1, -0.05) is 81.1 Å². The number of amides is 2. The minimum Gasteiger partial charge on any atom is -0.481 e. The van der Waals surface area contributed by atoms with E-state index >= 15 is 0 Å². The first-order valence-corrected chi connectivity index (χ1v) is 12.6. The molecule has 1 unspecified atom stereocenters. The van der Waals surface area contributed by atoms with Crippen molar-refractivity contribution in [3.63, 3.8) is 0 Å². The zero-order valence-corrected chi connectivity index (χ0v) is 20.2. The Morgan fingerprint density at radius 2 is 1.54 bits per heavy atom. The number of nitrogens with one attached hydrogen (secondary N) is 2. The van der Waals surface area contributed by atoms with Crippen molar-refractivity contribution in [1.82, 2.24) is 10.6 Å². The summed E-state index contributed by atoms with van der Waals surface area (Å²) in [6.07, 6.45) is 4.55. The Morgan fingerprint density at radius 1 is 0.971 bits per heavy atom. The molecule has 0 aromatic heterocycles. The van der Waals surface area contributed by atoms with Gasteiger partial charge in [0.15, 0.2) is 0 Å². The van der Waals surface area contributed by atoms with Gasteiger partial charge in [0.25, 0.3) is 0 Å². The maximum absolute atomic E-state index is 12.8. The van der Waals surface area contributed by atoms with Gasteiger partial charge in [-0.2, -0.15) is 0 Å². The Balaban J connectivity index is 1.34. The standard InChI is InChI=1S/C28H34N2O5/c1-2-24(25(31)29-18-28(26(32)33)15-9-3-4-10-16-28)30-27(34)35-17-23-21-13-7-5-11-19(21)20-12-6-8-14-22(20)23/h5-8,11-14,23-24H,2-4,9-10,15-18H2,1H3,(H,29,31)(H,30,34)(H,32,33). The third kappa shape index (κ3) is 5.34. The van der Waals surface area contributed by atoms with E-state index < -0.39 is 23.5 Å². The van der Waals surface area contributed by atoms with Crippen LogP contribution in [0, 0.1) is 5.41 Å². The highest BCUT2D eigenvalue weighted by Crippen LogP contribution is 2.44. The van der Waals surface area contributed by atoms with E-state index in [1.807, 2.05) is 24.3 Å². The van der Waals surface area contributed by atoms with E-state index in [-0.39, 0.29) is 25.0 Å². The SMILES string of the molecule is CCC(NC(=O)OCC1c2ccccc2-c2ccccc21)C(=O)NCC1(C(=O)O)CCCCCC1. The van der Waals surface area contributed by atoms with Crippen molar-refractivity contribution in [1.29, 1.82) is 0 Å². The normalized spacial score (nSPS) is 17.4. The summed E-state index contributed by atoms with van der Waals surface area (Å²) in [5, 5.41) is 15.3. The van der Waals surface area contributed by atoms with Crippen LogP contribution in [0.4, 0.5) is 4.79 Å². The van der Waals surface area contributed by atoms with Crippen LogP contribution in [0.1, 0.15) is 68.9 Å². The summed E-state index contributed by atoms with van der Waals surface area (Å²) in [6.45, 7) is 2.04. The van der Waals surface area contributed by atoms with Crippen LogP contribution in [0.5, 0.6) is 0 Å². The van der Waals surface area contributed by atoms with Crippen molar-refractivity contribution in [2.45, 2.75) is 63.8 Å². The van der Waals surface area contributed by atoms with Gasteiger partial charge in [-0.3, -0.25) is 9.59 Å². The fourth-order valence-corrected chi connectivity index (χ4v) is 5.39. The number of carboxylic acids is 1. The Bertz CT molecular complexity index is 1030. The minimum atomic E-state index is -0.936. The van der Waals surface area contributed by atoms with Crippen LogP contribution in [0.15, 0.2) is 48.5 Å². The van der Waals surface area contributed by atoms with E-state index in [4.69, 9.17) is 4.74 Å². The number of fused-ring (bicyclic) bond motifs is 3. The molecule has 3 N–H and O–H groups in total. The third-order valence-electron chi connectivity index (χ3n) is 7.48. The van der Waals surface area contributed by atoms with Gasteiger partial charge in [0.2, 0.25) is 5.91 Å². The molecule has 2 aromatic carbocycles. The van der Waals surface area contributed by atoms with E-state index in [9.17, 15) is 19.5 Å². The smallest absolute Gasteiger partial charge is 0.407 e. The van der Waals surface area contributed by atoms with Crippen LogP contribution in [0.3, 0.4) is 0 Å². The fourth-order valence-electron chi connectivity index (χ4n) is 5.39. The average molecular weight is 479 g/mol. The van der Waals surface area contributed by atoms with E-state index in [1.54, 1.807) is 6.92 Å². The number of hydrogen-bond acceptors (Lipinski definition) is 4. The molecular weight excluding hydrogens is 444 g/mol. The van der Waals surface area contributed by atoms with Crippen LogP contribution in [0.2, 0.25) is 0 Å². The molecule has 0 saturated heterocycles. The molecule has 35 heavy (non-hydrogen) atoms. The van der Waals surface area contributed by atoms with Gasteiger partial charge in [-0.15, -0.1) is 0 Å². The molecule has 0 radical (unpaired) electrons. The van der Waals surface area contributed by atoms with Gasteiger partial charge in [-0.25, -0.2) is 4.79 Å². The van der Waals surface area contributed by atoms with Crippen molar-refractivity contribution in [2.24, 2.45) is 5.41 Å². The molecule has 0 heterocycles. The first-order valence-electron chi connectivity index (χ1n) is 12.6. The van der Waals surface area contributed by atoms with Crippen LogP contribution < -0.4 is 10.6 Å². The number of aliphatic carboxylic acids is 1. The highest BCUT2D eigenvalue weighted by atomic mass is 16.5. The molecule has 0 bridgehead atoms. The van der Waals surface area contributed by atoms with Gasteiger partial charge in [0, 0.05) is 12.5 Å². The highest BCUT2D eigenvalue weighted by Gasteiger charge is 2.39. The molecule has 7 heteroatoms. The van der Waals surface area contributed by atoms with Crippen molar-refractivity contribution in [3.05, 3.63) is 59.7 Å². The van der Waals surface area contributed by atoms with Crippen molar-refractivity contribution < 1.29 is 24.2 Å². The summed E-state index contributed by atoms with van der Waals surface area (Å²) < 4.78 is 5.57. The maximum Gasteiger partial charge on any atom is 0.407 e. The first kappa shape index (κ1) is 24.8. The maximum atomic E-state index is 12.8. The second kappa shape index (κ2) is 10.9. The van der Waals surface area contributed by atoms with E-state index in [2.05, 4.69) is 34.9 Å². The number of rotatable bonds is 8. The first-order chi connectivity index (χ1) is 16.9. The topological polar surface area (TPSA) is 105 Å². The van der Waals surface area contributed by atoms with Gasteiger partial charge >= 0.3 is 12.1 Å². The summed E-state index contributed by atoms with van der Waals surface area (Å²) in [7, 11) is 0. The Hall–Kier alpha value is -3.35. The molecule has 2 aromatic rings. The molecule has 0 aliphatic heterocycles. The summed E-state index contributed by atoms with van der Waals surface area (Å²) in [4.78, 5) is 37.4. The lowest BCUT2D eigenvalue weighted by Gasteiger charge is -2.29. The predicted octanol–water partition coefficient (Wildman–Crippen LogP) is 4.85. The molecule has 1 atom stereocenters. The largest absolute Gasteiger partial charge is 0.481 e. The quantitative estimate of drug-likeness (QED) is 0.471. The monoisotopic (exact) mass is 478 g/mol. The molecule has 1 fully saturated rings. The lowest BCUT2D eigenvalue weighted by molar-refractivity contribution is -0.149. The average Bonchev–Trinajstić information content (AvgIpc) is 3.00.